The topological polar surface area (TPSA) is 113 Å². The van der Waals surface area contributed by atoms with E-state index in [1.54, 1.807) is 11.9 Å². The highest BCUT2D eigenvalue weighted by Crippen LogP contribution is 2.43. The fourth-order valence-corrected chi connectivity index (χ4v) is 4.94. The molecule has 0 spiro atoms. The molecule has 39 heavy (non-hydrogen) atoms. The van der Waals surface area contributed by atoms with Gasteiger partial charge in [-0.2, -0.15) is 0 Å². The molecule has 204 valence electrons. The smallest absolute Gasteiger partial charge is 0.254 e. The van der Waals surface area contributed by atoms with Crippen molar-refractivity contribution < 1.29 is 14.0 Å². The van der Waals surface area contributed by atoms with Crippen LogP contribution in [0.4, 0.5) is 5.69 Å². The number of anilines is 1. The molecule has 4 N–H and O–H groups in total. The maximum Gasteiger partial charge on any atom is 0.254 e. The first-order chi connectivity index (χ1) is 18.8. The fraction of sp³-hybridized carbons (Fsp3) is 0.323. The summed E-state index contributed by atoms with van der Waals surface area (Å²) < 4.78 is 6.48. The van der Waals surface area contributed by atoms with E-state index < -0.39 is 0 Å². The van der Waals surface area contributed by atoms with Crippen LogP contribution in [-0.4, -0.2) is 43.4 Å². The molecule has 0 radical (unpaired) electrons. The van der Waals surface area contributed by atoms with Gasteiger partial charge in [0.15, 0.2) is 0 Å². The van der Waals surface area contributed by atoms with Crippen LogP contribution >= 0.6 is 0 Å². The predicted molar refractivity (Wildman–Crippen MR) is 157 cm³/mol. The van der Waals surface area contributed by atoms with Crippen molar-refractivity contribution in [2.24, 2.45) is 10.8 Å². The molecule has 0 unspecified atom stereocenters. The van der Waals surface area contributed by atoms with E-state index in [9.17, 15) is 9.59 Å². The Kier molecular flexibility index (Phi) is 8.66. The fourth-order valence-electron chi connectivity index (χ4n) is 4.94. The molecule has 0 saturated heterocycles. The Morgan fingerprint density at radius 2 is 1.79 bits per heavy atom. The van der Waals surface area contributed by atoms with Gasteiger partial charge in [0.2, 0.25) is 5.91 Å². The van der Waals surface area contributed by atoms with Gasteiger partial charge < -0.3 is 14.6 Å². The number of benzene rings is 3. The zero-order chi connectivity index (χ0) is 28.1. The first-order valence-corrected chi connectivity index (χ1v) is 13.4. The van der Waals surface area contributed by atoms with E-state index in [2.05, 4.69) is 41.7 Å². The van der Waals surface area contributed by atoms with Gasteiger partial charge in [0, 0.05) is 73.0 Å². The zero-order valence-corrected chi connectivity index (χ0v) is 23.4. The summed E-state index contributed by atoms with van der Waals surface area (Å²) in [7, 11) is 1.76. The van der Waals surface area contributed by atoms with E-state index in [0.29, 0.717) is 30.8 Å². The molecule has 2 aromatic carbocycles. The number of hydrogen-bond donors (Lipinski definition) is 3. The molecule has 2 aromatic rings. The highest BCUT2D eigenvalue weighted by atomic mass is 16.3. The summed E-state index contributed by atoms with van der Waals surface area (Å²) in [6, 6.07) is 15.9. The number of rotatable bonds is 9. The summed E-state index contributed by atoms with van der Waals surface area (Å²) in [5.74, 6) is 5.54. The lowest BCUT2D eigenvalue weighted by Crippen LogP contribution is -2.32. The molecule has 0 bridgehead atoms. The van der Waals surface area contributed by atoms with Crippen LogP contribution < -0.4 is 21.9 Å². The van der Waals surface area contributed by atoms with Crippen molar-refractivity contribution in [2.75, 3.05) is 32.0 Å². The molecule has 1 aliphatic carbocycles. The molecule has 0 saturated carbocycles. The molecule has 0 fully saturated rings. The third kappa shape index (κ3) is 5.81. The van der Waals surface area contributed by atoms with Crippen molar-refractivity contribution in [3.05, 3.63) is 70.6 Å². The standard InChI is InChI=1S/C31H37N5O3/c1-6-33-25-17-27-23(15-19(25)3)30(24-16-20(4)26(34-7-2)18-28(24)39-27)21-11-8-9-12-22(21)31(38)36(5)14-10-13-29(37)35-32/h8-9,11-12,15-18,33H,6-7,10,13-14,32H2,1-5H3,(H,35,37). The van der Waals surface area contributed by atoms with Crippen LogP contribution in [0, 0.1) is 13.8 Å². The Bertz CT molecular complexity index is 1560. The molecule has 1 heterocycles. The van der Waals surface area contributed by atoms with Crippen LogP contribution in [0.5, 0.6) is 0 Å². The first-order valence-electron chi connectivity index (χ1n) is 13.4. The molecule has 1 aliphatic heterocycles. The average Bonchev–Trinajstić information content (AvgIpc) is 2.93. The molecule has 8 heteroatoms. The number of hydrazine groups is 1. The van der Waals surface area contributed by atoms with Gasteiger partial charge in [0.05, 0.1) is 5.36 Å². The Morgan fingerprint density at radius 1 is 1.03 bits per heavy atom. The summed E-state index contributed by atoms with van der Waals surface area (Å²) >= 11 is 0. The normalized spacial score (nSPS) is 11.7. The average molecular weight is 528 g/mol. The van der Waals surface area contributed by atoms with Gasteiger partial charge in [-0.05, 0) is 69.0 Å². The molecular weight excluding hydrogens is 490 g/mol. The first kappa shape index (κ1) is 27.9. The number of aryl methyl sites for hydroxylation is 2. The highest BCUT2D eigenvalue weighted by molar-refractivity contribution is 6.09. The number of carbonyl (C=O) groups excluding carboxylic acids is 2. The lowest BCUT2D eigenvalue weighted by atomic mass is 9.89. The van der Waals surface area contributed by atoms with Gasteiger partial charge in [-0.3, -0.25) is 20.0 Å². The number of nitrogens with zero attached hydrogens (tertiary/aromatic N) is 2. The van der Waals surface area contributed by atoms with E-state index in [0.717, 1.165) is 56.4 Å². The van der Waals surface area contributed by atoms with E-state index in [1.807, 2.05) is 50.2 Å². The molecule has 2 aliphatic rings. The van der Waals surface area contributed by atoms with Crippen LogP contribution in [-0.2, 0) is 4.79 Å². The number of carbonyl (C=O) groups is 2. The van der Waals surface area contributed by atoms with Crippen LogP contribution in [0.15, 0.2) is 57.9 Å². The second kappa shape index (κ2) is 12.1. The van der Waals surface area contributed by atoms with E-state index in [1.165, 1.54) is 0 Å². The Morgan fingerprint density at radius 3 is 2.51 bits per heavy atom. The molecule has 0 atom stereocenters. The summed E-state index contributed by atoms with van der Waals surface area (Å²) in [6.07, 6.45) is 0.766. The molecule has 0 aromatic heterocycles. The number of hydrogen-bond acceptors (Lipinski definition) is 6. The van der Waals surface area contributed by atoms with Crippen molar-refractivity contribution in [3.63, 3.8) is 0 Å². The van der Waals surface area contributed by atoms with Crippen LogP contribution in [0.2, 0.25) is 0 Å². The number of fused-ring (bicyclic) bond motifs is 2. The van der Waals surface area contributed by atoms with Crippen molar-refractivity contribution in [2.45, 2.75) is 40.5 Å². The van der Waals surface area contributed by atoms with E-state index in [4.69, 9.17) is 10.3 Å². The minimum Gasteiger partial charge on any atom is -0.456 e. The molecule has 2 amide bonds. The van der Waals surface area contributed by atoms with Crippen molar-refractivity contribution >= 4 is 28.5 Å². The van der Waals surface area contributed by atoms with E-state index >= 15 is 0 Å². The third-order valence-electron chi connectivity index (χ3n) is 6.91. The SMILES string of the molecule is CCN=c1cc2oc3cc(NCC)c(C)cc3c(-c3ccccc3C(=O)N(C)CCCC(=O)NN)c-2cc1C. The Balaban J connectivity index is 1.94. The summed E-state index contributed by atoms with van der Waals surface area (Å²) in [5, 5.41) is 5.24. The number of amides is 2. The summed E-state index contributed by atoms with van der Waals surface area (Å²) in [5.41, 5.74) is 9.30. The van der Waals surface area contributed by atoms with Gasteiger partial charge in [-0.1, -0.05) is 18.2 Å². The summed E-state index contributed by atoms with van der Waals surface area (Å²) in [4.78, 5) is 31.6. The number of nitrogens with two attached hydrogens (primary N) is 1. The van der Waals surface area contributed by atoms with Crippen molar-refractivity contribution in [3.8, 4) is 22.5 Å². The Labute approximate surface area is 229 Å². The van der Waals surface area contributed by atoms with Crippen molar-refractivity contribution in [1.29, 1.82) is 0 Å². The van der Waals surface area contributed by atoms with Gasteiger partial charge in [-0.25, -0.2) is 5.84 Å². The van der Waals surface area contributed by atoms with Crippen LogP contribution in [0.25, 0.3) is 33.4 Å². The van der Waals surface area contributed by atoms with Crippen LogP contribution in [0.1, 0.15) is 48.2 Å². The lowest BCUT2D eigenvalue weighted by molar-refractivity contribution is -0.121. The minimum atomic E-state index is -0.251. The van der Waals surface area contributed by atoms with Gasteiger partial charge in [0.25, 0.3) is 5.91 Å². The zero-order valence-electron chi connectivity index (χ0n) is 23.4. The second-order valence-electron chi connectivity index (χ2n) is 9.72. The van der Waals surface area contributed by atoms with E-state index in [-0.39, 0.29) is 18.2 Å². The van der Waals surface area contributed by atoms with Gasteiger partial charge in [-0.15, -0.1) is 0 Å². The summed E-state index contributed by atoms with van der Waals surface area (Å²) in [6.45, 7) is 10.1. The maximum absolute atomic E-state index is 13.7. The highest BCUT2D eigenvalue weighted by Gasteiger charge is 2.24. The third-order valence-corrected chi connectivity index (χ3v) is 6.91. The van der Waals surface area contributed by atoms with Crippen molar-refractivity contribution in [1.82, 2.24) is 10.3 Å². The second-order valence-corrected chi connectivity index (χ2v) is 9.72. The minimum absolute atomic E-state index is 0.115. The quantitative estimate of drug-likeness (QED) is 0.122. The van der Waals surface area contributed by atoms with Gasteiger partial charge in [0.1, 0.15) is 11.3 Å². The van der Waals surface area contributed by atoms with Crippen LogP contribution in [0.3, 0.4) is 0 Å². The molecule has 8 nitrogen and oxygen atoms in total. The number of nitrogens with one attached hydrogen (secondary N) is 2. The maximum atomic E-state index is 13.7. The van der Waals surface area contributed by atoms with Gasteiger partial charge >= 0.3 is 0 Å². The predicted octanol–water partition coefficient (Wildman–Crippen LogP) is 5.02. The molecule has 4 rings (SSSR count). The Hall–Kier alpha value is -4.17. The lowest BCUT2D eigenvalue weighted by Gasteiger charge is -2.22. The molecular formula is C31H37N5O3. The largest absolute Gasteiger partial charge is 0.456 e. The monoisotopic (exact) mass is 527 g/mol.